The van der Waals surface area contributed by atoms with Crippen LogP contribution in [0.25, 0.3) is 0 Å². The SMILES string of the molecule is COc1cc(N(CCO)CC(F)F)ccn1. The molecule has 1 aromatic heterocycles. The van der Waals surface area contributed by atoms with Crippen LogP contribution in [0.2, 0.25) is 0 Å². The number of pyridine rings is 1. The molecule has 0 aliphatic heterocycles. The van der Waals surface area contributed by atoms with Gasteiger partial charge in [-0.15, -0.1) is 0 Å². The fraction of sp³-hybridized carbons (Fsp3) is 0.500. The number of aliphatic hydroxyl groups is 1. The van der Waals surface area contributed by atoms with Crippen molar-refractivity contribution in [3.63, 3.8) is 0 Å². The van der Waals surface area contributed by atoms with Gasteiger partial charge in [0.1, 0.15) is 0 Å². The lowest BCUT2D eigenvalue weighted by Crippen LogP contribution is -2.31. The van der Waals surface area contributed by atoms with Gasteiger partial charge in [0.15, 0.2) is 0 Å². The van der Waals surface area contributed by atoms with E-state index in [1.165, 1.54) is 18.2 Å². The van der Waals surface area contributed by atoms with Crippen LogP contribution in [0, 0.1) is 0 Å². The van der Waals surface area contributed by atoms with E-state index in [9.17, 15) is 8.78 Å². The summed E-state index contributed by atoms with van der Waals surface area (Å²) in [6.45, 7) is -0.456. The van der Waals surface area contributed by atoms with Crippen LogP contribution < -0.4 is 9.64 Å². The number of aromatic nitrogens is 1. The van der Waals surface area contributed by atoms with E-state index in [1.807, 2.05) is 0 Å². The molecular weight excluding hydrogens is 218 g/mol. The minimum atomic E-state index is -2.45. The summed E-state index contributed by atoms with van der Waals surface area (Å²) in [5.41, 5.74) is 0.557. The molecule has 0 atom stereocenters. The van der Waals surface area contributed by atoms with Gasteiger partial charge in [-0.3, -0.25) is 0 Å². The van der Waals surface area contributed by atoms with Crippen LogP contribution >= 0.6 is 0 Å². The minimum absolute atomic E-state index is 0.150. The molecule has 0 bridgehead atoms. The van der Waals surface area contributed by atoms with E-state index in [0.29, 0.717) is 11.6 Å². The predicted molar refractivity (Wildman–Crippen MR) is 56.1 cm³/mol. The van der Waals surface area contributed by atoms with Gasteiger partial charge in [-0.1, -0.05) is 0 Å². The van der Waals surface area contributed by atoms with E-state index >= 15 is 0 Å². The number of nitrogens with zero attached hydrogens (tertiary/aromatic N) is 2. The van der Waals surface area contributed by atoms with Crippen molar-refractivity contribution in [1.29, 1.82) is 0 Å². The first-order valence-corrected chi connectivity index (χ1v) is 4.81. The molecule has 16 heavy (non-hydrogen) atoms. The zero-order valence-corrected chi connectivity index (χ0v) is 8.94. The molecule has 0 saturated carbocycles. The maximum Gasteiger partial charge on any atom is 0.255 e. The molecule has 0 aliphatic rings. The fourth-order valence-corrected chi connectivity index (χ4v) is 1.32. The van der Waals surface area contributed by atoms with Gasteiger partial charge >= 0.3 is 0 Å². The third-order valence-corrected chi connectivity index (χ3v) is 2.02. The van der Waals surface area contributed by atoms with Crippen LogP contribution in [0.4, 0.5) is 14.5 Å². The highest BCUT2D eigenvalue weighted by Gasteiger charge is 2.13. The Hall–Kier alpha value is -1.43. The molecule has 0 fully saturated rings. The van der Waals surface area contributed by atoms with Crippen molar-refractivity contribution in [3.05, 3.63) is 18.3 Å². The van der Waals surface area contributed by atoms with Crippen LogP contribution in [0.1, 0.15) is 0 Å². The Kier molecular flexibility index (Phi) is 4.91. The largest absolute Gasteiger partial charge is 0.481 e. The van der Waals surface area contributed by atoms with E-state index in [2.05, 4.69) is 4.98 Å². The molecule has 0 aromatic carbocycles. The number of ether oxygens (including phenoxy) is 1. The zero-order valence-electron chi connectivity index (χ0n) is 8.94. The second kappa shape index (κ2) is 6.22. The molecule has 1 heterocycles. The second-order valence-corrected chi connectivity index (χ2v) is 3.12. The number of hydrogen-bond acceptors (Lipinski definition) is 4. The van der Waals surface area contributed by atoms with Gasteiger partial charge in [0.05, 0.1) is 20.3 Å². The maximum atomic E-state index is 12.3. The number of rotatable bonds is 6. The number of aliphatic hydroxyl groups excluding tert-OH is 1. The Morgan fingerprint density at radius 2 is 2.31 bits per heavy atom. The number of halogens is 2. The van der Waals surface area contributed by atoms with Crippen molar-refractivity contribution in [2.75, 3.05) is 31.7 Å². The maximum absolute atomic E-state index is 12.3. The minimum Gasteiger partial charge on any atom is -0.481 e. The normalized spacial score (nSPS) is 10.6. The highest BCUT2D eigenvalue weighted by atomic mass is 19.3. The van der Waals surface area contributed by atoms with Crippen molar-refractivity contribution in [2.45, 2.75) is 6.43 Å². The molecule has 0 unspecified atom stereocenters. The lowest BCUT2D eigenvalue weighted by Gasteiger charge is -2.23. The smallest absolute Gasteiger partial charge is 0.255 e. The van der Waals surface area contributed by atoms with Crippen LogP contribution in [0.5, 0.6) is 5.88 Å². The summed E-state index contributed by atoms with van der Waals surface area (Å²) in [6.07, 6.45) is -0.977. The molecule has 6 heteroatoms. The lowest BCUT2D eigenvalue weighted by atomic mass is 10.3. The molecule has 0 amide bonds. The number of alkyl halides is 2. The topological polar surface area (TPSA) is 45.6 Å². The average Bonchev–Trinajstić information content (AvgIpc) is 2.28. The predicted octanol–water partition coefficient (Wildman–Crippen LogP) is 1.15. The van der Waals surface area contributed by atoms with E-state index < -0.39 is 13.0 Å². The number of methoxy groups -OCH3 is 1. The van der Waals surface area contributed by atoms with Gasteiger partial charge in [-0.25, -0.2) is 13.8 Å². The summed E-state index contributed by atoms with van der Waals surface area (Å²) < 4.78 is 29.5. The summed E-state index contributed by atoms with van der Waals surface area (Å²) in [6, 6.07) is 3.15. The summed E-state index contributed by atoms with van der Waals surface area (Å²) in [7, 11) is 1.45. The van der Waals surface area contributed by atoms with Gasteiger partial charge in [-0.2, -0.15) is 0 Å². The molecule has 0 spiro atoms. The molecule has 4 nitrogen and oxygen atoms in total. The fourth-order valence-electron chi connectivity index (χ4n) is 1.32. The van der Waals surface area contributed by atoms with Gasteiger partial charge < -0.3 is 14.7 Å². The molecule has 90 valence electrons. The van der Waals surface area contributed by atoms with E-state index in [1.54, 1.807) is 12.1 Å². The van der Waals surface area contributed by atoms with E-state index in [4.69, 9.17) is 9.84 Å². The number of hydrogen-bond donors (Lipinski definition) is 1. The first kappa shape index (κ1) is 12.6. The Labute approximate surface area is 92.5 Å². The van der Waals surface area contributed by atoms with Gasteiger partial charge in [0.25, 0.3) is 6.43 Å². The molecule has 1 N–H and O–H groups in total. The highest BCUT2D eigenvalue weighted by molar-refractivity contribution is 5.48. The summed E-state index contributed by atoms with van der Waals surface area (Å²) in [4.78, 5) is 5.26. The monoisotopic (exact) mass is 232 g/mol. The van der Waals surface area contributed by atoms with E-state index in [0.717, 1.165) is 0 Å². The van der Waals surface area contributed by atoms with Gasteiger partial charge in [0, 0.05) is 24.5 Å². The Bertz CT molecular complexity index is 323. The zero-order chi connectivity index (χ0) is 12.0. The Balaban J connectivity index is 2.82. The molecule has 1 aromatic rings. The quantitative estimate of drug-likeness (QED) is 0.799. The first-order chi connectivity index (χ1) is 7.67. The van der Waals surface area contributed by atoms with Crippen molar-refractivity contribution in [1.82, 2.24) is 4.98 Å². The Morgan fingerprint density at radius 1 is 1.56 bits per heavy atom. The van der Waals surface area contributed by atoms with Crippen LogP contribution in [-0.4, -0.2) is 43.3 Å². The van der Waals surface area contributed by atoms with Gasteiger partial charge in [0.2, 0.25) is 5.88 Å². The molecule has 0 saturated heterocycles. The Morgan fingerprint density at radius 3 is 2.88 bits per heavy atom. The second-order valence-electron chi connectivity index (χ2n) is 3.12. The van der Waals surface area contributed by atoms with E-state index in [-0.39, 0.29) is 13.2 Å². The standard InChI is InChI=1S/C10H14F2N2O2/c1-16-10-6-8(2-3-13-10)14(4-5-15)7-9(11)12/h2-3,6,9,15H,4-5,7H2,1H3. The van der Waals surface area contributed by atoms with Crippen molar-refractivity contribution in [2.24, 2.45) is 0 Å². The van der Waals surface area contributed by atoms with Crippen LogP contribution in [-0.2, 0) is 0 Å². The van der Waals surface area contributed by atoms with Crippen molar-refractivity contribution >= 4 is 5.69 Å². The van der Waals surface area contributed by atoms with Crippen molar-refractivity contribution < 1.29 is 18.6 Å². The third-order valence-electron chi connectivity index (χ3n) is 2.02. The summed E-state index contributed by atoms with van der Waals surface area (Å²) >= 11 is 0. The molecule has 0 aliphatic carbocycles. The third kappa shape index (κ3) is 3.62. The average molecular weight is 232 g/mol. The van der Waals surface area contributed by atoms with Crippen molar-refractivity contribution in [3.8, 4) is 5.88 Å². The van der Waals surface area contributed by atoms with Crippen LogP contribution in [0.15, 0.2) is 18.3 Å². The lowest BCUT2D eigenvalue weighted by molar-refractivity contribution is 0.153. The highest BCUT2D eigenvalue weighted by Crippen LogP contribution is 2.19. The van der Waals surface area contributed by atoms with Crippen LogP contribution in [0.3, 0.4) is 0 Å². The summed E-state index contributed by atoms with van der Waals surface area (Å²) in [5, 5.41) is 8.80. The van der Waals surface area contributed by atoms with Gasteiger partial charge in [-0.05, 0) is 6.07 Å². The molecule has 0 radical (unpaired) electrons. The first-order valence-electron chi connectivity index (χ1n) is 4.81. The number of anilines is 1. The summed E-state index contributed by atoms with van der Waals surface area (Å²) in [5.74, 6) is 0.356. The molecule has 1 rings (SSSR count). The molecular formula is C10H14F2N2O2.